The summed E-state index contributed by atoms with van der Waals surface area (Å²) in [5, 5.41) is 0.954. The molecule has 0 spiro atoms. The largest absolute Gasteiger partial charge is 0.494 e. The molecule has 1 aliphatic heterocycles. The van der Waals surface area contributed by atoms with E-state index in [0.717, 1.165) is 48.0 Å². The van der Waals surface area contributed by atoms with Crippen LogP contribution in [0.1, 0.15) is 58.8 Å². The van der Waals surface area contributed by atoms with Crippen molar-refractivity contribution >= 4 is 22.7 Å². The first-order valence-corrected chi connectivity index (χ1v) is 10.1. The van der Waals surface area contributed by atoms with Gasteiger partial charge in [0.1, 0.15) is 10.8 Å². The number of nitrogens with zero attached hydrogens (tertiary/aromatic N) is 1. The number of carbonyl (C=O) groups is 1. The van der Waals surface area contributed by atoms with Crippen LogP contribution in [-0.2, 0) is 9.53 Å². The van der Waals surface area contributed by atoms with E-state index in [0.29, 0.717) is 12.5 Å². The van der Waals surface area contributed by atoms with Gasteiger partial charge >= 0.3 is 0 Å². The highest BCUT2D eigenvalue weighted by Gasteiger charge is 2.39. The van der Waals surface area contributed by atoms with E-state index in [9.17, 15) is 4.79 Å². The number of allylic oxidation sites excluding steroid dienone is 3. The molecule has 0 aromatic carbocycles. The van der Waals surface area contributed by atoms with E-state index in [1.807, 2.05) is 6.92 Å². The molecule has 136 valence electrons. The number of nitrogens with two attached hydrogens (primary N) is 1. The molecule has 5 heteroatoms. The maximum absolute atomic E-state index is 11.5. The summed E-state index contributed by atoms with van der Waals surface area (Å²) >= 11 is 1.70. The SMILES string of the molecule is C=CN=C1SC2=C(/C1=C(/C)OC1CCC(C)CC1)[C@@H](CC(N)=O)CC2. The number of ether oxygens (including phenoxy) is 1. The van der Waals surface area contributed by atoms with Crippen molar-refractivity contribution in [2.45, 2.75) is 64.9 Å². The lowest BCUT2D eigenvalue weighted by Crippen LogP contribution is -2.21. The van der Waals surface area contributed by atoms with Gasteiger partial charge in [-0.1, -0.05) is 25.3 Å². The Kier molecular flexibility index (Phi) is 5.72. The molecular formula is C20H28N2O2S. The van der Waals surface area contributed by atoms with Gasteiger partial charge in [-0.15, -0.1) is 0 Å². The van der Waals surface area contributed by atoms with Crippen LogP contribution in [0.5, 0.6) is 0 Å². The molecule has 0 radical (unpaired) electrons. The van der Waals surface area contributed by atoms with Gasteiger partial charge in [0, 0.05) is 18.2 Å². The fraction of sp³-hybridized carbons (Fsp3) is 0.600. The number of hydrogen-bond donors (Lipinski definition) is 1. The summed E-state index contributed by atoms with van der Waals surface area (Å²) in [4.78, 5) is 17.3. The summed E-state index contributed by atoms with van der Waals surface area (Å²) in [6, 6.07) is 0. The molecule has 0 saturated heterocycles. The first-order valence-electron chi connectivity index (χ1n) is 9.25. The number of hydrogen-bond acceptors (Lipinski definition) is 4. The van der Waals surface area contributed by atoms with Crippen molar-refractivity contribution in [1.82, 2.24) is 0 Å². The van der Waals surface area contributed by atoms with Gasteiger partial charge in [0.2, 0.25) is 5.91 Å². The monoisotopic (exact) mass is 360 g/mol. The molecular weight excluding hydrogens is 332 g/mol. The Balaban J connectivity index is 1.86. The quantitative estimate of drug-likeness (QED) is 0.724. The van der Waals surface area contributed by atoms with Crippen LogP contribution in [0.15, 0.2) is 39.6 Å². The Morgan fingerprint density at radius 1 is 1.36 bits per heavy atom. The van der Waals surface area contributed by atoms with Crippen LogP contribution in [0, 0.1) is 11.8 Å². The third-order valence-corrected chi connectivity index (χ3v) is 6.62. The Morgan fingerprint density at radius 2 is 2.08 bits per heavy atom. The Morgan fingerprint density at radius 3 is 2.72 bits per heavy atom. The number of aliphatic imine (C=N–C) groups is 1. The number of amides is 1. The van der Waals surface area contributed by atoms with Gasteiger partial charge in [0.25, 0.3) is 0 Å². The van der Waals surface area contributed by atoms with Gasteiger partial charge in [-0.25, -0.2) is 4.99 Å². The molecule has 0 unspecified atom stereocenters. The summed E-state index contributed by atoms with van der Waals surface area (Å²) in [6.07, 6.45) is 8.95. The zero-order valence-electron chi connectivity index (χ0n) is 15.2. The molecule has 1 fully saturated rings. The van der Waals surface area contributed by atoms with Crippen LogP contribution in [0.25, 0.3) is 0 Å². The van der Waals surface area contributed by atoms with E-state index >= 15 is 0 Å². The second-order valence-electron chi connectivity index (χ2n) is 7.39. The predicted molar refractivity (Wildman–Crippen MR) is 104 cm³/mol. The molecule has 0 aromatic rings. The third-order valence-electron chi connectivity index (χ3n) is 5.45. The van der Waals surface area contributed by atoms with Gasteiger partial charge in [-0.05, 0) is 67.8 Å². The smallest absolute Gasteiger partial charge is 0.218 e. The summed E-state index contributed by atoms with van der Waals surface area (Å²) in [5.41, 5.74) is 7.80. The predicted octanol–water partition coefficient (Wildman–Crippen LogP) is 4.68. The second kappa shape index (κ2) is 7.81. The molecule has 1 saturated carbocycles. The lowest BCUT2D eigenvalue weighted by atomic mass is 9.88. The number of rotatable bonds is 5. The highest BCUT2D eigenvalue weighted by atomic mass is 32.2. The molecule has 1 atom stereocenters. The van der Waals surface area contributed by atoms with Crippen molar-refractivity contribution in [3.8, 4) is 0 Å². The highest BCUT2D eigenvalue weighted by molar-refractivity contribution is 8.18. The minimum Gasteiger partial charge on any atom is -0.494 e. The molecule has 2 aliphatic carbocycles. The third kappa shape index (κ3) is 4.02. The van der Waals surface area contributed by atoms with Crippen molar-refractivity contribution in [3.63, 3.8) is 0 Å². The molecule has 1 heterocycles. The van der Waals surface area contributed by atoms with Crippen molar-refractivity contribution in [3.05, 3.63) is 34.6 Å². The van der Waals surface area contributed by atoms with Gasteiger partial charge in [-0.3, -0.25) is 4.79 Å². The zero-order chi connectivity index (χ0) is 18.0. The van der Waals surface area contributed by atoms with Crippen LogP contribution in [-0.4, -0.2) is 17.1 Å². The van der Waals surface area contributed by atoms with Gasteiger partial charge in [0.15, 0.2) is 0 Å². The summed E-state index contributed by atoms with van der Waals surface area (Å²) in [5.74, 6) is 1.69. The van der Waals surface area contributed by atoms with Crippen LogP contribution < -0.4 is 5.73 Å². The molecule has 4 nitrogen and oxygen atoms in total. The lowest BCUT2D eigenvalue weighted by Gasteiger charge is -2.28. The Labute approximate surface area is 154 Å². The topological polar surface area (TPSA) is 64.7 Å². The van der Waals surface area contributed by atoms with Gasteiger partial charge in [0.05, 0.1) is 6.10 Å². The minimum atomic E-state index is -0.239. The number of carbonyl (C=O) groups excluding carboxylic acids is 1. The van der Waals surface area contributed by atoms with E-state index < -0.39 is 0 Å². The van der Waals surface area contributed by atoms with Crippen molar-refractivity contribution in [2.24, 2.45) is 22.6 Å². The Hall–Kier alpha value is -1.49. The number of thioether (sulfide) groups is 1. The van der Waals surface area contributed by atoms with Crippen molar-refractivity contribution in [2.75, 3.05) is 0 Å². The van der Waals surface area contributed by atoms with E-state index in [2.05, 4.69) is 18.5 Å². The van der Waals surface area contributed by atoms with Crippen LogP contribution in [0.4, 0.5) is 0 Å². The van der Waals surface area contributed by atoms with E-state index in [1.54, 1.807) is 18.0 Å². The van der Waals surface area contributed by atoms with E-state index in [-0.39, 0.29) is 11.8 Å². The second-order valence-corrected chi connectivity index (χ2v) is 8.48. The fourth-order valence-electron chi connectivity index (χ4n) is 4.16. The molecule has 0 bridgehead atoms. The van der Waals surface area contributed by atoms with Crippen LogP contribution >= 0.6 is 11.8 Å². The lowest BCUT2D eigenvalue weighted by molar-refractivity contribution is -0.118. The minimum absolute atomic E-state index is 0.192. The maximum atomic E-state index is 11.5. The van der Waals surface area contributed by atoms with Crippen LogP contribution in [0.3, 0.4) is 0 Å². The standard InChI is InChI=1S/C20H28N2O2S/c1-4-22-20-18(13(3)24-15-8-5-12(2)6-9-15)19-14(11-17(21)23)7-10-16(19)25-20/h4,12,14-15H,1,5-11H2,2-3H3,(H2,21,23)/b18-13+,22-20?/t12?,14-,15?/m1/s1. The Bertz CT molecular complexity index is 655. The van der Waals surface area contributed by atoms with Gasteiger partial charge < -0.3 is 10.5 Å². The fourth-order valence-corrected chi connectivity index (χ4v) is 5.48. The molecule has 0 aromatic heterocycles. The zero-order valence-corrected chi connectivity index (χ0v) is 16.0. The average Bonchev–Trinajstić information content (AvgIpc) is 3.09. The molecule has 1 amide bonds. The van der Waals surface area contributed by atoms with Crippen LogP contribution in [0.2, 0.25) is 0 Å². The molecule has 3 aliphatic rings. The van der Waals surface area contributed by atoms with E-state index in [1.165, 1.54) is 23.3 Å². The average molecular weight is 361 g/mol. The maximum Gasteiger partial charge on any atom is 0.218 e. The van der Waals surface area contributed by atoms with Crippen molar-refractivity contribution in [1.29, 1.82) is 0 Å². The normalized spacial score (nSPS) is 32.7. The molecule has 3 rings (SSSR count). The first kappa shape index (κ1) is 18.3. The van der Waals surface area contributed by atoms with Crippen molar-refractivity contribution < 1.29 is 9.53 Å². The summed E-state index contributed by atoms with van der Waals surface area (Å²) in [6.45, 7) is 8.10. The summed E-state index contributed by atoms with van der Waals surface area (Å²) in [7, 11) is 0. The molecule has 2 N–H and O–H groups in total. The first-order chi connectivity index (χ1) is 12.0. The highest BCUT2D eigenvalue weighted by Crippen LogP contribution is 2.52. The van der Waals surface area contributed by atoms with Gasteiger partial charge in [-0.2, -0.15) is 0 Å². The molecule has 25 heavy (non-hydrogen) atoms. The number of primary amides is 1. The van der Waals surface area contributed by atoms with E-state index in [4.69, 9.17) is 10.5 Å². The summed E-state index contributed by atoms with van der Waals surface area (Å²) < 4.78 is 6.36.